The van der Waals surface area contributed by atoms with Gasteiger partial charge >= 0.3 is 5.97 Å². The maximum Gasteiger partial charge on any atom is 0.328 e. The number of benzene rings is 1. The molecule has 92 valence electrons. The number of aryl methyl sites for hydroxylation is 1. The zero-order valence-electron chi connectivity index (χ0n) is 9.30. The fourth-order valence-corrected chi connectivity index (χ4v) is 1.21. The number of aliphatic hydroxyl groups excluding tert-OH is 1. The molecule has 1 aromatic rings. The lowest BCUT2D eigenvalue weighted by atomic mass is 10.1. The lowest BCUT2D eigenvalue weighted by molar-refractivity contribution is -0.140. The molecule has 0 saturated heterocycles. The van der Waals surface area contributed by atoms with E-state index in [9.17, 15) is 9.59 Å². The van der Waals surface area contributed by atoms with Gasteiger partial charge in [0, 0.05) is 11.3 Å². The SMILES string of the molecule is Cc1ccc(C(=O)NC(CO)C(=O)O)cc1N. The molecule has 5 N–H and O–H groups in total. The van der Waals surface area contributed by atoms with Crippen molar-refractivity contribution in [2.45, 2.75) is 13.0 Å². The monoisotopic (exact) mass is 238 g/mol. The number of carboxylic acid groups (broad SMARTS) is 1. The third-order valence-corrected chi connectivity index (χ3v) is 2.33. The van der Waals surface area contributed by atoms with E-state index in [4.69, 9.17) is 15.9 Å². The molecule has 6 nitrogen and oxygen atoms in total. The molecule has 0 bridgehead atoms. The fourth-order valence-electron chi connectivity index (χ4n) is 1.21. The van der Waals surface area contributed by atoms with Gasteiger partial charge in [0.15, 0.2) is 6.04 Å². The summed E-state index contributed by atoms with van der Waals surface area (Å²) in [6, 6.07) is 3.35. The fraction of sp³-hybridized carbons (Fsp3) is 0.273. The molecule has 1 unspecified atom stereocenters. The summed E-state index contributed by atoms with van der Waals surface area (Å²) in [7, 11) is 0. The highest BCUT2D eigenvalue weighted by Gasteiger charge is 2.19. The van der Waals surface area contributed by atoms with E-state index in [0.717, 1.165) is 5.56 Å². The second kappa shape index (κ2) is 5.31. The van der Waals surface area contributed by atoms with Crippen LogP contribution in [-0.2, 0) is 4.79 Å². The second-order valence-corrected chi connectivity index (χ2v) is 3.62. The molecule has 0 aliphatic heterocycles. The Bertz CT molecular complexity index is 445. The van der Waals surface area contributed by atoms with Crippen molar-refractivity contribution in [2.75, 3.05) is 12.3 Å². The number of hydrogen-bond donors (Lipinski definition) is 4. The van der Waals surface area contributed by atoms with Crippen LogP contribution >= 0.6 is 0 Å². The van der Waals surface area contributed by atoms with E-state index in [1.165, 1.54) is 12.1 Å². The van der Waals surface area contributed by atoms with Crippen LogP contribution in [0.4, 0.5) is 5.69 Å². The number of nitrogens with two attached hydrogens (primary N) is 1. The zero-order valence-corrected chi connectivity index (χ0v) is 9.30. The van der Waals surface area contributed by atoms with Crippen LogP contribution in [-0.4, -0.2) is 34.7 Å². The van der Waals surface area contributed by atoms with Crippen molar-refractivity contribution >= 4 is 17.6 Å². The van der Waals surface area contributed by atoms with Gasteiger partial charge in [0.05, 0.1) is 6.61 Å². The summed E-state index contributed by atoms with van der Waals surface area (Å²) in [5.74, 6) is -1.88. The molecule has 0 aromatic heterocycles. The van der Waals surface area contributed by atoms with E-state index < -0.39 is 24.5 Å². The number of aliphatic hydroxyl groups is 1. The van der Waals surface area contributed by atoms with Crippen molar-refractivity contribution in [1.82, 2.24) is 5.32 Å². The first kappa shape index (κ1) is 13.0. The molecule has 1 atom stereocenters. The van der Waals surface area contributed by atoms with Crippen LogP contribution in [0, 0.1) is 6.92 Å². The number of carboxylic acids is 1. The van der Waals surface area contributed by atoms with Crippen molar-refractivity contribution in [3.05, 3.63) is 29.3 Å². The first-order valence-electron chi connectivity index (χ1n) is 4.96. The predicted molar refractivity (Wildman–Crippen MR) is 61.6 cm³/mol. The summed E-state index contributed by atoms with van der Waals surface area (Å²) >= 11 is 0. The summed E-state index contributed by atoms with van der Waals surface area (Å²) in [6.07, 6.45) is 0. The van der Waals surface area contributed by atoms with Gasteiger partial charge in [-0.25, -0.2) is 4.79 Å². The van der Waals surface area contributed by atoms with Gasteiger partial charge in [0.1, 0.15) is 0 Å². The first-order chi connectivity index (χ1) is 7.95. The third-order valence-electron chi connectivity index (χ3n) is 2.33. The number of hydrogen-bond acceptors (Lipinski definition) is 4. The number of aliphatic carboxylic acids is 1. The molecule has 0 aliphatic carbocycles. The quantitative estimate of drug-likeness (QED) is 0.540. The van der Waals surface area contributed by atoms with Crippen LogP contribution in [0.15, 0.2) is 18.2 Å². The normalized spacial score (nSPS) is 11.9. The summed E-state index contributed by atoms with van der Waals surface area (Å²) in [5.41, 5.74) is 7.18. The molecule has 6 heteroatoms. The van der Waals surface area contributed by atoms with Gasteiger partial charge in [-0.2, -0.15) is 0 Å². The summed E-state index contributed by atoms with van der Waals surface area (Å²) in [4.78, 5) is 22.3. The van der Waals surface area contributed by atoms with Crippen LogP contribution in [0.25, 0.3) is 0 Å². The van der Waals surface area contributed by atoms with Gasteiger partial charge in [0.25, 0.3) is 5.91 Å². The highest BCUT2D eigenvalue weighted by molar-refractivity contribution is 5.97. The van der Waals surface area contributed by atoms with Gasteiger partial charge in [-0.15, -0.1) is 0 Å². The van der Waals surface area contributed by atoms with Crippen LogP contribution in [0.2, 0.25) is 0 Å². The van der Waals surface area contributed by atoms with E-state index in [2.05, 4.69) is 5.32 Å². The Morgan fingerprint density at radius 2 is 2.12 bits per heavy atom. The Labute approximate surface area is 98.1 Å². The smallest absolute Gasteiger partial charge is 0.328 e. The molecule has 1 rings (SSSR count). The number of anilines is 1. The average Bonchev–Trinajstić information content (AvgIpc) is 2.28. The van der Waals surface area contributed by atoms with Crippen molar-refractivity contribution in [3.8, 4) is 0 Å². The number of rotatable bonds is 4. The Morgan fingerprint density at radius 1 is 1.47 bits per heavy atom. The molecule has 0 fully saturated rings. The van der Waals surface area contributed by atoms with E-state index in [1.807, 2.05) is 0 Å². The Morgan fingerprint density at radius 3 is 2.59 bits per heavy atom. The predicted octanol–water partition coefficient (Wildman–Crippen LogP) is -0.247. The number of carbonyl (C=O) groups excluding carboxylic acids is 1. The molecule has 0 spiro atoms. The van der Waals surface area contributed by atoms with Crippen LogP contribution in [0.5, 0.6) is 0 Å². The Balaban J connectivity index is 2.82. The largest absolute Gasteiger partial charge is 0.480 e. The van der Waals surface area contributed by atoms with E-state index in [0.29, 0.717) is 5.69 Å². The molecule has 0 aliphatic rings. The zero-order chi connectivity index (χ0) is 13.0. The van der Waals surface area contributed by atoms with E-state index in [-0.39, 0.29) is 5.56 Å². The highest BCUT2D eigenvalue weighted by Crippen LogP contribution is 2.12. The maximum absolute atomic E-state index is 11.6. The Hall–Kier alpha value is -2.08. The maximum atomic E-state index is 11.6. The van der Waals surface area contributed by atoms with Gasteiger partial charge in [0.2, 0.25) is 0 Å². The van der Waals surface area contributed by atoms with Crippen molar-refractivity contribution in [1.29, 1.82) is 0 Å². The summed E-state index contributed by atoms with van der Waals surface area (Å²) < 4.78 is 0. The number of amides is 1. The minimum Gasteiger partial charge on any atom is -0.480 e. The number of nitrogens with one attached hydrogen (secondary N) is 1. The van der Waals surface area contributed by atoms with Gasteiger partial charge in [-0.05, 0) is 24.6 Å². The molecule has 17 heavy (non-hydrogen) atoms. The van der Waals surface area contributed by atoms with Gasteiger partial charge in [-0.3, -0.25) is 4.79 Å². The van der Waals surface area contributed by atoms with Gasteiger partial charge < -0.3 is 21.3 Å². The van der Waals surface area contributed by atoms with E-state index >= 15 is 0 Å². The standard InChI is InChI=1S/C11H14N2O4/c1-6-2-3-7(4-8(6)12)10(15)13-9(5-14)11(16)17/h2-4,9,14H,5,12H2,1H3,(H,13,15)(H,16,17). The average molecular weight is 238 g/mol. The van der Waals surface area contributed by atoms with Crippen molar-refractivity contribution in [3.63, 3.8) is 0 Å². The van der Waals surface area contributed by atoms with Crippen molar-refractivity contribution < 1.29 is 19.8 Å². The molecule has 1 aromatic carbocycles. The molecule has 0 saturated carbocycles. The van der Waals surface area contributed by atoms with Gasteiger partial charge in [-0.1, -0.05) is 6.07 Å². The lowest BCUT2D eigenvalue weighted by Crippen LogP contribution is -2.43. The molecule has 0 radical (unpaired) electrons. The molecular weight excluding hydrogens is 224 g/mol. The first-order valence-corrected chi connectivity index (χ1v) is 4.96. The summed E-state index contributed by atoms with van der Waals surface area (Å²) in [5, 5.41) is 19.6. The van der Waals surface area contributed by atoms with E-state index in [1.54, 1.807) is 13.0 Å². The third kappa shape index (κ3) is 3.18. The van der Waals surface area contributed by atoms with Crippen LogP contribution in [0.1, 0.15) is 15.9 Å². The highest BCUT2D eigenvalue weighted by atomic mass is 16.4. The molecule has 1 amide bonds. The molecule has 0 heterocycles. The number of carbonyl (C=O) groups is 2. The topological polar surface area (TPSA) is 113 Å². The number of nitrogen functional groups attached to an aromatic ring is 1. The minimum atomic E-state index is -1.31. The Kier molecular flexibility index (Phi) is 4.06. The molecular formula is C11H14N2O4. The minimum absolute atomic E-state index is 0.257. The van der Waals surface area contributed by atoms with Crippen LogP contribution < -0.4 is 11.1 Å². The summed E-state index contributed by atoms with van der Waals surface area (Å²) in [6.45, 7) is 1.13. The van der Waals surface area contributed by atoms with Crippen LogP contribution in [0.3, 0.4) is 0 Å². The lowest BCUT2D eigenvalue weighted by Gasteiger charge is -2.12. The second-order valence-electron chi connectivity index (χ2n) is 3.62. The van der Waals surface area contributed by atoms with Crippen molar-refractivity contribution in [2.24, 2.45) is 0 Å².